The van der Waals surface area contributed by atoms with Gasteiger partial charge in [-0.15, -0.1) is 0 Å². The lowest BCUT2D eigenvalue weighted by Gasteiger charge is -2.23. The van der Waals surface area contributed by atoms with Crippen molar-refractivity contribution in [2.75, 3.05) is 33.3 Å². The maximum absolute atomic E-state index is 13.2. The third-order valence-corrected chi connectivity index (χ3v) is 4.92. The van der Waals surface area contributed by atoms with E-state index in [9.17, 15) is 14.4 Å². The van der Waals surface area contributed by atoms with Crippen molar-refractivity contribution in [3.63, 3.8) is 0 Å². The number of hydrogen-bond acceptors (Lipinski definition) is 8. The van der Waals surface area contributed by atoms with Crippen LogP contribution >= 0.6 is 0 Å². The molecule has 1 aliphatic rings. The van der Waals surface area contributed by atoms with Crippen LogP contribution < -0.4 is 14.4 Å². The van der Waals surface area contributed by atoms with E-state index in [1.54, 1.807) is 60.8 Å². The monoisotopic (exact) mass is 449 g/mol. The van der Waals surface area contributed by atoms with Crippen molar-refractivity contribution in [3.8, 4) is 11.5 Å². The third-order valence-electron chi connectivity index (χ3n) is 4.92. The quantitative estimate of drug-likeness (QED) is 0.469. The van der Waals surface area contributed by atoms with E-state index in [2.05, 4.69) is 0 Å². The largest absolute Gasteiger partial charge is 0.493 e. The van der Waals surface area contributed by atoms with Crippen molar-refractivity contribution in [1.82, 2.24) is 0 Å². The molecule has 0 aliphatic carbocycles. The van der Waals surface area contributed by atoms with Crippen LogP contribution in [0, 0.1) is 0 Å². The lowest BCUT2D eigenvalue weighted by Crippen LogP contribution is -2.27. The first-order chi connectivity index (χ1) is 15.9. The molecule has 0 bridgehead atoms. The van der Waals surface area contributed by atoms with Crippen LogP contribution in [-0.4, -0.2) is 46.2 Å². The maximum Gasteiger partial charge on any atom is 0.355 e. The highest BCUT2D eigenvalue weighted by atomic mass is 16.5. The molecule has 1 heterocycles. The fraction of sp³-hybridized carbons (Fsp3) is 0.160. The van der Waals surface area contributed by atoms with Gasteiger partial charge in [0.2, 0.25) is 0 Å². The van der Waals surface area contributed by atoms with Gasteiger partial charge in [0.15, 0.2) is 17.3 Å². The van der Waals surface area contributed by atoms with E-state index < -0.39 is 11.9 Å². The Morgan fingerprint density at radius 2 is 1.45 bits per heavy atom. The standard InChI is InChI=1S/C25H23NO7/c1-30-20-12-11-17(15-21(20)31-2)23(27)16-8-7-9-18(14-16)26-13-6-5-10-19(24(28)32-3)22(26)25(29)33-4/h5-15H,1-4H3. The number of carbonyl (C=O) groups excluding carboxylic acids is 3. The zero-order valence-corrected chi connectivity index (χ0v) is 18.7. The first kappa shape index (κ1) is 23.3. The minimum absolute atomic E-state index is 0.0194. The number of nitrogens with zero attached hydrogens (tertiary/aromatic N) is 1. The zero-order chi connectivity index (χ0) is 24.0. The van der Waals surface area contributed by atoms with E-state index in [1.807, 2.05) is 0 Å². The van der Waals surface area contributed by atoms with E-state index in [0.717, 1.165) is 0 Å². The number of hydrogen-bond donors (Lipinski definition) is 0. The summed E-state index contributed by atoms with van der Waals surface area (Å²) in [5.74, 6) is -0.750. The second-order valence-electron chi connectivity index (χ2n) is 6.77. The Labute approximate surface area is 191 Å². The average Bonchev–Trinajstić information content (AvgIpc) is 3.10. The van der Waals surface area contributed by atoms with Crippen LogP contribution in [0.4, 0.5) is 5.69 Å². The van der Waals surface area contributed by atoms with Crippen molar-refractivity contribution in [2.45, 2.75) is 0 Å². The van der Waals surface area contributed by atoms with E-state index >= 15 is 0 Å². The molecule has 2 aromatic carbocycles. The van der Waals surface area contributed by atoms with Crippen molar-refractivity contribution in [2.24, 2.45) is 0 Å². The summed E-state index contributed by atoms with van der Waals surface area (Å²) in [5.41, 5.74) is 1.23. The summed E-state index contributed by atoms with van der Waals surface area (Å²) in [7, 11) is 5.45. The molecule has 170 valence electrons. The average molecular weight is 449 g/mol. The molecule has 0 atom stereocenters. The molecular weight excluding hydrogens is 426 g/mol. The Bertz CT molecular complexity index is 1180. The molecule has 0 spiro atoms. The van der Waals surface area contributed by atoms with Crippen molar-refractivity contribution < 1.29 is 33.3 Å². The molecule has 8 nitrogen and oxygen atoms in total. The molecule has 33 heavy (non-hydrogen) atoms. The Morgan fingerprint density at radius 1 is 0.758 bits per heavy atom. The summed E-state index contributed by atoms with van der Waals surface area (Å²) >= 11 is 0. The predicted molar refractivity (Wildman–Crippen MR) is 121 cm³/mol. The Kier molecular flexibility index (Phi) is 7.30. The topological polar surface area (TPSA) is 91.4 Å². The normalized spacial score (nSPS) is 12.8. The second-order valence-corrected chi connectivity index (χ2v) is 6.77. The van der Waals surface area contributed by atoms with Crippen molar-refractivity contribution in [1.29, 1.82) is 0 Å². The van der Waals surface area contributed by atoms with E-state index in [0.29, 0.717) is 28.3 Å². The number of rotatable bonds is 7. The molecule has 0 saturated heterocycles. The smallest absolute Gasteiger partial charge is 0.355 e. The van der Waals surface area contributed by atoms with Gasteiger partial charge in [-0.2, -0.15) is 0 Å². The molecule has 0 fully saturated rings. The highest BCUT2D eigenvalue weighted by Crippen LogP contribution is 2.30. The molecule has 3 rings (SSSR count). The van der Waals surface area contributed by atoms with E-state index in [-0.39, 0.29) is 17.1 Å². The number of anilines is 1. The van der Waals surface area contributed by atoms with Gasteiger partial charge in [-0.3, -0.25) is 4.79 Å². The highest BCUT2D eigenvalue weighted by Gasteiger charge is 2.27. The van der Waals surface area contributed by atoms with Gasteiger partial charge in [-0.1, -0.05) is 18.2 Å². The number of ketones is 1. The third kappa shape index (κ3) is 4.79. The van der Waals surface area contributed by atoms with Crippen LogP contribution in [0.3, 0.4) is 0 Å². The van der Waals surface area contributed by atoms with Gasteiger partial charge in [-0.25, -0.2) is 9.59 Å². The maximum atomic E-state index is 13.2. The first-order valence-electron chi connectivity index (χ1n) is 9.87. The highest BCUT2D eigenvalue weighted by molar-refractivity contribution is 6.10. The lowest BCUT2D eigenvalue weighted by atomic mass is 10.0. The van der Waals surface area contributed by atoms with Gasteiger partial charge in [0.25, 0.3) is 0 Å². The van der Waals surface area contributed by atoms with E-state index in [4.69, 9.17) is 18.9 Å². The zero-order valence-electron chi connectivity index (χ0n) is 18.7. The SMILES string of the molecule is COC(=O)C1=C(C(=O)OC)N(c2cccc(C(=O)c3ccc(OC)c(OC)c3)c2)C=CC=C1. The van der Waals surface area contributed by atoms with E-state index in [1.165, 1.54) is 39.4 Å². The Balaban J connectivity index is 2.07. The molecule has 8 heteroatoms. The summed E-state index contributed by atoms with van der Waals surface area (Å²) in [5, 5.41) is 0. The molecule has 0 amide bonds. The number of ether oxygens (including phenoxy) is 4. The fourth-order valence-corrected chi connectivity index (χ4v) is 3.31. The van der Waals surface area contributed by atoms with Crippen molar-refractivity contribution in [3.05, 3.63) is 89.3 Å². The van der Waals surface area contributed by atoms with Crippen LogP contribution in [0.2, 0.25) is 0 Å². The molecule has 0 aromatic heterocycles. The van der Waals surface area contributed by atoms with Gasteiger partial charge < -0.3 is 23.8 Å². The summed E-state index contributed by atoms with van der Waals surface area (Å²) in [4.78, 5) is 39.6. The van der Waals surface area contributed by atoms with Crippen LogP contribution in [0.5, 0.6) is 11.5 Å². The molecule has 0 unspecified atom stereocenters. The van der Waals surface area contributed by atoms with Crippen LogP contribution in [0.1, 0.15) is 15.9 Å². The number of methoxy groups -OCH3 is 4. The summed E-state index contributed by atoms with van der Waals surface area (Å²) in [6.45, 7) is 0. The lowest BCUT2D eigenvalue weighted by molar-refractivity contribution is -0.139. The summed E-state index contributed by atoms with van der Waals surface area (Å²) in [6.07, 6.45) is 6.32. The van der Waals surface area contributed by atoms with Gasteiger partial charge in [0.1, 0.15) is 5.70 Å². The Hall–Kier alpha value is -4.33. The van der Waals surface area contributed by atoms with Crippen LogP contribution in [-0.2, 0) is 19.1 Å². The summed E-state index contributed by atoms with van der Waals surface area (Å²) < 4.78 is 20.3. The van der Waals surface area contributed by atoms with Gasteiger partial charge in [0, 0.05) is 23.0 Å². The molecule has 0 saturated carbocycles. The molecule has 2 aromatic rings. The molecule has 0 N–H and O–H groups in total. The summed E-state index contributed by atoms with van der Waals surface area (Å²) in [6, 6.07) is 11.6. The number of benzene rings is 2. The second kappa shape index (κ2) is 10.3. The minimum Gasteiger partial charge on any atom is -0.493 e. The number of esters is 2. The molecular formula is C25H23NO7. The van der Waals surface area contributed by atoms with Crippen LogP contribution in [0.15, 0.2) is 78.2 Å². The van der Waals surface area contributed by atoms with Crippen molar-refractivity contribution >= 4 is 23.4 Å². The number of allylic oxidation sites excluding steroid dienone is 2. The predicted octanol–water partition coefficient (Wildman–Crippen LogP) is 3.42. The molecule has 1 aliphatic heterocycles. The van der Waals surface area contributed by atoms with Gasteiger partial charge >= 0.3 is 11.9 Å². The number of carbonyl (C=O) groups is 3. The Morgan fingerprint density at radius 3 is 2.12 bits per heavy atom. The first-order valence-corrected chi connectivity index (χ1v) is 9.87. The van der Waals surface area contributed by atoms with Gasteiger partial charge in [-0.05, 0) is 42.5 Å². The van der Waals surface area contributed by atoms with Gasteiger partial charge in [0.05, 0.1) is 34.0 Å². The molecule has 0 radical (unpaired) electrons. The van der Waals surface area contributed by atoms with Crippen LogP contribution in [0.25, 0.3) is 0 Å². The minimum atomic E-state index is -0.733. The fourth-order valence-electron chi connectivity index (χ4n) is 3.31.